The number of carbonyl (C=O) groups excluding carboxylic acids is 1. The maximum atomic E-state index is 12.0. The van der Waals surface area contributed by atoms with Gasteiger partial charge >= 0.3 is 0 Å². The van der Waals surface area contributed by atoms with Crippen molar-refractivity contribution in [2.24, 2.45) is 7.05 Å². The zero-order chi connectivity index (χ0) is 17.1. The number of hydrogen-bond acceptors (Lipinski definition) is 4. The molecule has 2 aromatic heterocycles. The van der Waals surface area contributed by atoms with Crippen LogP contribution in [0.1, 0.15) is 45.4 Å². The van der Waals surface area contributed by atoms with Crippen molar-refractivity contribution >= 4 is 23.3 Å². The van der Waals surface area contributed by atoms with Gasteiger partial charge in [0.2, 0.25) is 5.91 Å². The summed E-state index contributed by atoms with van der Waals surface area (Å²) in [6, 6.07) is 0. The highest BCUT2D eigenvalue weighted by molar-refractivity contribution is 7.11. The molecule has 0 unspecified atom stereocenters. The van der Waals surface area contributed by atoms with Gasteiger partial charge in [0, 0.05) is 42.2 Å². The summed E-state index contributed by atoms with van der Waals surface area (Å²) in [6.07, 6.45) is 9.06. The number of aromatic nitrogens is 3. The molecule has 3 rings (SSSR count). The molecule has 0 saturated carbocycles. The van der Waals surface area contributed by atoms with E-state index in [-0.39, 0.29) is 5.91 Å². The van der Waals surface area contributed by atoms with Gasteiger partial charge in [-0.15, -0.1) is 11.3 Å². The molecule has 0 bridgehead atoms. The fourth-order valence-corrected chi connectivity index (χ4v) is 4.21. The van der Waals surface area contributed by atoms with Crippen LogP contribution in [0.3, 0.4) is 0 Å². The third-order valence-electron chi connectivity index (χ3n) is 4.49. The summed E-state index contributed by atoms with van der Waals surface area (Å²) in [5, 5.41) is 8.43. The molecule has 0 radical (unpaired) electrons. The van der Waals surface area contributed by atoms with Crippen molar-refractivity contribution in [3.63, 3.8) is 0 Å². The molecule has 128 valence electrons. The van der Waals surface area contributed by atoms with Crippen LogP contribution in [-0.4, -0.2) is 27.2 Å². The number of amides is 1. The Bertz CT molecular complexity index is 749. The van der Waals surface area contributed by atoms with Gasteiger partial charge < -0.3 is 5.32 Å². The summed E-state index contributed by atoms with van der Waals surface area (Å²) in [6.45, 7) is 4.58. The topological polar surface area (TPSA) is 59.8 Å². The van der Waals surface area contributed by atoms with E-state index in [9.17, 15) is 4.79 Å². The highest BCUT2D eigenvalue weighted by Crippen LogP contribution is 2.26. The molecule has 0 fully saturated rings. The predicted molar refractivity (Wildman–Crippen MR) is 97.2 cm³/mol. The number of rotatable bonds is 5. The fourth-order valence-electron chi connectivity index (χ4n) is 3.05. The third-order valence-corrected chi connectivity index (χ3v) is 5.71. The molecular formula is C18H24N4OS. The van der Waals surface area contributed by atoms with Crippen LogP contribution < -0.4 is 5.32 Å². The summed E-state index contributed by atoms with van der Waals surface area (Å²) < 4.78 is 1.83. The number of nitrogens with zero attached hydrogens (tertiary/aromatic N) is 3. The molecule has 6 heteroatoms. The first-order valence-corrected chi connectivity index (χ1v) is 9.30. The smallest absolute Gasteiger partial charge is 0.244 e. The van der Waals surface area contributed by atoms with Crippen molar-refractivity contribution in [1.29, 1.82) is 0 Å². The fraction of sp³-hybridized carbons (Fsp3) is 0.500. The number of carbonyl (C=O) groups is 1. The van der Waals surface area contributed by atoms with E-state index >= 15 is 0 Å². The van der Waals surface area contributed by atoms with E-state index in [1.807, 2.05) is 43.0 Å². The van der Waals surface area contributed by atoms with E-state index in [1.54, 1.807) is 6.08 Å². The Morgan fingerprint density at radius 3 is 2.83 bits per heavy atom. The van der Waals surface area contributed by atoms with E-state index in [0.717, 1.165) is 34.8 Å². The van der Waals surface area contributed by atoms with Gasteiger partial charge in [0.1, 0.15) is 0 Å². The zero-order valence-electron chi connectivity index (χ0n) is 14.6. The zero-order valence-corrected chi connectivity index (χ0v) is 15.4. The standard InChI is InChI=1S/C18H24N4OS/c1-12-14(13(2)22(3)21-12)8-9-17(23)19-11-10-18-20-15-6-4-5-7-16(15)24-18/h8-9H,4-7,10-11H2,1-3H3,(H,19,23). The minimum Gasteiger partial charge on any atom is -0.352 e. The number of thiazole rings is 1. The highest BCUT2D eigenvalue weighted by Gasteiger charge is 2.14. The second-order valence-electron chi connectivity index (χ2n) is 6.27. The number of aryl methyl sites for hydroxylation is 4. The van der Waals surface area contributed by atoms with Crippen LogP contribution in [0, 0.1) is 13.8 Å². The summed E-state index contributed by atoms with van der Waals surface area (Å²) in [7, 11) is 1.91. The first-order chi connectivity index (χ1) is 11.5. The molecule has 2 heterocycles. The Morgan fingerprint density at radius 1 is 1.33 bits per heavy atom. The van der Waals surface area contributed by atoms with Gasteiger partial charge in [0.05, 0.1) is 16.4 Å². The molecule has 1 amide bonds. The predicted octanol–water partition coefficient (Wildman–Crippen LogP) is 2.74. The molecular weight excluding hydrogens is 320 g/mol. The SMILES string of the molecule is Cc1nn(C)c(C)c1C=CC(=O)NCCc1nc2c(s1)CCCC2. The molecule has 0 aliphatic heterocycles. The Kier molecular flexibility index (Phi) is 5.14. The normalized spacial score (nSPS) is 14.1. The van der Waals surface area contributed by atoms with Gasteiger partial charge in [-0.1, -0.05) is 0 Å². The Morgan fingerprint density at radius 2 is 2.12 bits per heavy atom. The van der Waals surface area contributed by atoms with Gasteiger partial charge in [-0.05, 0) is 45.6 Å². The largest absolute Gasteiger partial charge is 0.352 e. The minimum atomic E-state index is -0.0704. The molecule has 24 heavy (non-hydrogen) atoms. The maximum absolute atomic E-state index is 12.0. The van der Waals surface area contributed by atoms with Crippen molar-refractivity contribution in [3.8, 4) is 0 Å². The van der Waals surface area contributed by atoms with Crippen molar-refractivity contribution in [1.82, 2.24) is 20.1 Å². The lowest BCUT2D eigenvalue weighted by Crippen LogP contribution is -2.23. The van der Waals surface area contributed by atoms with E-state index in [0.29, 0.717) is 6.54 Å². The lowest BCUT2D eigenvalue weighted by molar-refractivity contribution is -0.116. The molecule has 5 nitrogen and oxygen atoms in total. The van der Waals surface area contributed by atoms with Gasteiger partial charge in [-0.3, -0.25) is 9.48 Å². The second kappa shape index (κ2) is 7.30. The average molecular weight is 344 g/mol. The average Bonchev–Trinajstić information content (AvgIpc) is 3.07. The van der Waals surface area contributed by atoms with E-state index in [1.165, 1.54) is 29.8 Å². The van der Waals surface area contributed by atoms with Gasteiger partial charge in [-0.25, -0.2) is 4.98 Å². The Labute approximate surface area is 146 Å². The first kappa shape index (κ1) is 16.9. The summed E-state index contributed by atoms with van der Waals surface area (Å²) in [4.78, 5) is 18.1. The van der Waals surface area contributed by atoms with Crippen molar-refractivity contribution in [2.45, 2.75) is 46.0 Å². The summed E-state index contributed by atoms with van der Waals surface area (Å²) in [5.41, 5.74) is 4.30. The summed E-state index contributed by atoms with van der Waals surface area (Å²) in [5.74, 6) is -0.0704. The van der Waals surface area contributed by atoms with Gasteiger partial charge in [-0.2, -0.15) is 5.10 Å². The lowest BCUT2D eigenvalue weighted by Gasteiger charge is -2.06. The second-order valence-corrected chi connectivity index (χ2v) is 7.44. The third kappa shape index (κ3) is 3.75. The number of hydrogen-bond donors (Lipinski definition) is 1. The molecule has 0 spiro atoms. The van der Waals surface area contributed by atoms with Crippen LogP contribution in [0.2, 0.25) is 0 Å². The molecule has 1 N–H and O–H groups in total. The minimum absolute atomic E-state index is 0.0704. The first-order valence-electron chi connectivity index (χ1n) is 8.48. The van der Waals surface area contributed by atoms with E-state index in [4.69, 9.17) is 4.98 Å². The number of fused-ring (bicyclic) bond motifs is 1. The lowest BCUT2D eigenvalue weighted by atomic mass is 10.0. The quantitative estimate of drug-likeness (QED) is 0.849. The van der Waals surface area contributed by atoms with Crippen LogP contribution in [0.25, 0.3) is 6.08 Å². The van der Waals surface area contributed by atoms with Crippen LogP contribution >= 0.6 is 11.3 Å². The van der Waals surface area contributed by atoms with Crippen LogP contribution in [0.5, 0.6) is 0 Å². The maximum Gasteiger partial charge on any atom is 0.244 e. The van der Waals surface area contributed by atoms with Crippen molar-refractivity contribution in [2.75, 3.05) is 6.54 Å². The molecule has 1 aliphatic rings. The van der Waals surface area contributed by atoms with Crippen molar-refractivity contribution in [3.05, 3.63) is 38.6 Å². The monoisotopic (exact) mass is 344 g/mol. The van der Waals surface area contributed by atoms with Gasteiger partial charge in [0.15, 0.2) is 0 Å². The molecule has 2 aromatic rings. The van der Waals surface area contributed by atoms with E-state index in [2.05, 4.69) is 10.4 Å². The van der Waals surface area contributed by atoms with Crippen LogP contribution in [0.4, 0.5) is 0 Å². The van der Waals surface area contributed by atoms with Crippen LogP contribution in [-0.2, 0) is 31.1 Å². The van der Waals surface area contributed by atoms with E-state index < -0.39 is 0 Å². The number of nitrogens with one attached hydrogen (secondary N) is 1. The molecule has 1 aliphatic carbocycles. The molecule has 0 aromatic carbocycles. The Balaban J connectivity index is 1.50. The molecule has 0 saturated heterocycles. The Hall–Kier alpha value is -1.95. The highest BCUT2D eigenvalue weighted by atomic mass is 32.1. The van der Waals surface area contributed by atoms with Gasteiger partial charge in [0.25, 0.3) is 0 Å². The summed E-state index contributed by atoms with van der Waals surface area (Å²) >= 11 is 1.81. The van der Waals surface area contributed by atoms with Crippen LogP contribution in [0.15, 0.2) is 6.08 Å². The van der Waals surface area contributed by atoms with Crippen molar-refractivity contribution < 1.29 is 4.79 Å². The molecule has 0 atom stereocenters.